The first-order valence-electron chi connectivity index (χ1n) is 8.46. The summed E-state index contributed by atoms with van der Waals surface area (Å²) >= 11 is 0. The van der Waals surface area contributed by atoms with Crippen LogP contribution in [0.2, 0.25) is 0 Å². The molecular formula is C20H27FN4. The lowest BCUT2D eigenvalue weighted by Crippen LogP contribution is -2.38. The number of halogens is 1. The van der Waals surface area contributed by atoms with Crippen LogP contribution in [-0.2, 0) is 6.54 Å². The Morgan fingerprint density at radius 2 is 1.84 bits per heavy atom. The number of nitrogens with zero attached hydrogens (tertiary/aromatic N) is 2. The maximum atomic E-state index is 14.0. The number of hydrogen-bond acceptors (Lipinski definition) is 2. The van der Waals surface area contributed by atoms with E-state index in [0.717, 1.165) is 12.1 Å². The number of guanidine groups is 1. The molecule has 0 heterocycles. The topological polar surface area (TPSA) is 39.7 Å². The molecule has 4 nitrogen and oxygen atoms in total. The number of anilines is 1. The molecule has 0 fully saturated rings. The van der Waals surface area contributed by atoms with Crippen LogP contribution < -0.4 is 15.5 Å². The molecule has 2 N–H and O–H groups in total. The lowest BCUT2D eigenvalue weighted by molar-refractivity contribution is 0.622. The van der Waals surface area contributed by atoms with Crippen molar-refractivity contribution in [1.82, 2.24) is 10.6 Å². The van der Waals surface area contributed by atoms with Crippen molar-refractivity contribution in [3.05, 3.63) is 65.5 Å². The predicted octanol–water partition coefficient (Wildman–Crippen LogP) is 3.36. The second kappa shape index (κ2) is 9.06. The van der Waals surface area contributed by atoms with E-state index in [9.17, 15) is 4.39 Å². The van der Waals surface area contributed by atoms with Gasteiger partial charge in [-0.05, 0) is 29.2 Å². The van der Waals surface area contributed by atoms with Crippen LogP contribution in [0.4, 0.5) is 10.1 Å². The highest BCUT2D eigenvalue weighted by Crippen LogP contribution is 2.18. The van der Waals surface area contributed by atoms with Gasteiger partial charge in [-0.3, -0.25) is 4.99 Å². The molecule has 0 amide bonds. The molecule has 0 aromatic heterocycles. The van der Waals surface area contributed by atoms with Gasteiger partial charge in [0.05, 0.1) is 5.69 Å². The number of nitrogens with one attached hydrogen (secondary N) is 2. The average molecular weight is 342 g/mol. The zero-order chi connectivity index (χ0) is 18.2. The Labute approximate surface area is 149 Å². The summed E-state index contributed by atoms with van der Waals surface area (Å²) in [6.45, 7) is 3.46. The summed E-state index contributed by atoms with van der Waals surface area (Å²) in [4.78, 5) is 5.99. The van der Waals surface area contributed by atoms with Crippen molar-refractivity contribution >= 4 is 11.6 Å². The number of rotatable bonds is 6. The van der Waals surface area contributed by atoms with Gasteiger partial charge in [0.15, 0.2) is 5.96 Å². The van der Waals surface area contributed by atoms with E-state index in [0.29, 0.717) is 24.1 Å². The molecule has 0 saturated heterocycles. The molecule has 1 atom stereocenters. The molecule has 0 saturated carbocycles. The maximum Gasteiger partial charge on any atom is 0.191 e. The van der Waals surface area contributed by atoms with E-state index in [4.69, 9.17) is 0 Å². The molecule has 0 spiro atoms. The number of hydrogen-bond donors (Lipinski definition) is 2. The van der Waals surface area contributed by atoms with Gasteiger partial charge in [0.25, 0.3) is 0 Å². The Kier molecular flexibility index (Phi) is 6.81. The minimum absolute atomic E-state index is 0.218. The molecule has 2 aromatic carbocycles. The zero-order valence-electron chi connectivity index (χ0n) is 15.4. The molecule has 134 valence electrons. The largest absolute Gasteiger partial charge is 0.375 e. The second-order valence-electron chi connectivity index (χ2n) is 6.30. The third kappa shape index (κ3) is 5.48. The SMILES string of the molecule is CN=C(NCc1ccc(N(C)C)c(F)c1)NCC(C)c1ccccc1. The summed E-state index contributed by atoms with van der Waals surface area (Å²) in [5, 5.41) is 6.55. The second-order valence-corrected chi connectivity index (χ2v) is 6.30. The first-order chi connectivity index (χ1) is 12.0. The third-order valence-electron chi connectivity index (χ3n) is 4.12. The standard InChI is InChI=1S/C20H27FN4/c1-15(17-8-6-5-7-9-17)13-23-20(22-2)24-14-16-10-11-19(25(3)4)18(21)12-16/h5-12,15H,13-14H2,1-4H3,(H2,22,23,24). The van der Waals surface area contributed by atoms with Gasteiger partial charge in [0.1, 0.15) is 5.82 Å². The van der Waals surface area contributed by atoms with E-state index in [1.165, 1.54) is 5.56 Å². The maximum absolute atomic E-state index is 14.0. The van der Waals surface area contributed by atoms with Gasteiger partial charge in [0, 0.05) is 34.2 Å². The van der Waals surface area contributed by atoms with Gasteiger partial charge in [-0.15, -0.1) is 0 Å². The molecule has 1 unspecified atom stereocenters. The van der Waals surface area contributed by atoms with Gasteiger partial charge in [-0.25, -0.2) is 4.39 Å². The molecule has 0 radical (unpaired) electrons. The van der Waals surface area contributed by atoms with Crippen molar-refractivity contribution < 1.29 is 4.39 Å². The van der Waals surface area contributed by atoms with E-state index in [1.54, 1.807) is 24.1 Å². The lowest BCUT2D eigenvalue weighted by atomic mass is 10.0. The Balaban J connectivity index is 1.87. The van der Waals surface area contributed by atoms with E-state index < -0.39 is 0 Å². The predicted molar refractivity (Wildman–Crippen MR) is 104 cm³/mol. The Morgan fingerprint density at radius 3 is 2.44 bits per heavy atom. The van der Waals surface area contributed by atoms with Gasteiger partial charge in [0.2, 0.25) is 0 Å². The Hall–Kier alpha value is -2.56. The van der Waals surface area contributed by atoms with Crippen LogP contribution in [0.3, 0.4) is 0 Å². The summed E-state index contributed by atoms with van der Waals surface area (Å²) in [5.74, 6) is 0.862. The highest BCUT2D eigenvalue weighted by Gasteiger charge is 2.08. The van der Waals surface area contributed by atoms with Crippen molar-refractivity contribution in [2.24, 2.45) is 4.99 Å². The molecule has 0 aliphatic carbocycles. The fraction of sp³-hybridized carbons (Fsp3) is 0.350. The summed E-state index contributed by atoms with van der Waals surface area (Å²) in [6.07, 6.45) is 0. The van der Waals surface area contributed by atoms with Crippen molar-refractivity contribution in [3.63, 3.8) is 0 Å². The third-order valence-corrected chi connectivity index (χ3v) is 4.12. The van der Waals surface area contributed by atoms with Crippen LogP contribution in [0.15, 0.2) is 53.5 Å². The number of benzene rings is 2. The van der Waals surface area contributed by atoms with E-state index in [-0.39, 0.29) is 5.82 Å². The first-order valence-corrected chi connectivity index (χ1v) is 8.46. The van der Waals surface area contributed by atoms with Crippen LogP contribution in [0.1, 0.15) is 24.0 Å². The quantitative estimate of drug-likeness (QED) is 0.625. The molecule has 2 rings (SSSR count). The van der Waals surface area contributed by atoms with Crippen LogP contribution in [-0.4, -0.2) is 33.6 Å². The highest BCUT2D eigenvalue weighted by atomic mass is 19.1. The van der Waals surface area contributed by atoms with Crippen molar-refractivity contribution in [3.8, 4) is 0 Å². The molecule has 2 aromatic rings. The minimum atomic E-state index is -0.218. The number of aliphatic imine (C=N–C) groups is 1. The van der Waals surface area contributed by atoms with E-state index in [2.05, 4.69) is 34.7 Å². The van der Waals surface area contributed by atoms with Crippen LogP contribution in [0.25, 0.3) is 0 Å². The van der Waals surface area contributed by atoms with Gasteiger partial charge >= 0.3 is 0 Å². The average Bonchev–Trinajstić information content (AvgIpc) is 2.62. The monoisotopic (exact) mass is 342 g/mol. The van der Waals surface area contributed by atoms with Gasteiger partial charge < -0.3 is 15.5 Å². The fourth-order valence-corrected chi connectivity index (χ4v) is 2.58. The Morgan fingerprint density at radius 1 is 1.12 bits per heavy atom. The molecule has 5 heteroatoms. The summed E-state index contributed by atoms with van der Waals surface area (Å²) in [6, 6.07) is 15.6. The zero-order valence-corrected chi connectivity index (χ0v) is 15.4. The first kappa shape index (κ1) is 18.8. The molecule has 0 aliphatic heterocycles. The molecule has 0 bridgehead atoms. The molecule has 0 aliphatic rings. The highest BCUT2D eigenvalue weighted by molar-refractivity contribution is 5.79. The van der Waals surface area contributed by atoms with Gasteiger partial charge in [-0.1, -0.05) is 43.3 Å². The Bertz CT molecular complexity index is 698. The fourth-order valence-electron chi connectivity index (χ4n) is 2.58. The van der Waals surface area contributed by atoms with Crippen molar-refractivity contribution in [1.29, 1.82) is 0 Å². The van der Waals surface area contributed by atoms with E-state index in [1.807, 2.05) is 38.4 Å². The minimum Gasteiger partial charge on any atom is -0.375 e. The lowest BCUT2D eigenvalue weighted by Gasteiger charge is -2.17. The van der Waals surface area contributed by atoms with Crippen molar-refractivity contribution in [2.75, 3.05) is 32.6 Å². The molecular weight excluding hydrogens is 315 g/mol. The summed E-state index contributed by atoms with van der Waals surface area (Å²) in [5.41, 5.74) is 2.75. The summed E-state index contributed by atoms with van der Waals surface area (Å²) < 4.78 is 14.0. The van der Waals surface area contributed by atoms with E-state index >= 15 is 0 Å². The van der Waals surface area contributed by atoms with Crippen LogP contribution >= 0.6 is 0 Å². The van der Waals surface area contributed by atoms with Crippen LogP contribution in [0, 0.1) is 5.82 Å². The summed E-state index contributed by atoms with van der Waals surface area (Å²) in [7, 11) is 5.39. The molecule has 25 heavy (non-hydrogen) atoms. The van der Waals surface area contributed by atoms with Gasteiger partial charge in [-0.2, -0.15) is 0 Å². The van der Waals surface area contributed by atoms with Crippen molar-refractivity contribution in [2.45, 2.75) is 19.4 Å². The normalized spacial score (nSPS) is 12.6. The smallest absolute Gasteiger partial charge is 0.191 e. The van der Waals surface area contributed by atoms with Crippen LogP contribution in [0.5, 0.6) is 0 Å².